The number of hydrogen-bond acceptors (Lipinski definition) is 3. The molecule has 0 radical (unpaired) electrons. The lowest BCUT2D eigenvalue weighted by Gasteiger charge is -1.68. The lowest BCUT2D eigenvalue weighted by atomic mass is 12.0. The molecule has 0 aromatic carbocycles. The van der Waals surface area contributed by atoms with Crippen LogP contribution in [0.25, 0.3) is 0 Å². The van der Waals surface area contributed by atoms with E-state index in [0.717, 1.165) is 0 Å². The van der Waals surface area contributed by atoms with E-state index < -0.39 is 10.4 Å². The molecule has 2 N–H and O–H groups in total. The zero-order chi connectivity index (χ0) is 7.21. The molecule has 0 bridgehead atoms. The summed E-state index contributed by atoms with van der Waals surface area (Å²) >= 11 is 0. The van der Waals surface area contributed by atoms with Crippen molar-refractivity contribution in [3.05, 3.63) is 0 Å². The second-order valence-electron chi connectivity index (χ2n) is 0.602. The van der Waals surface area contributed by atoms with E-state index >= 15 is 0 Å². The van der Waals surface area contributed by atoms with Crippen LogP contribution in [0.3, 0.4) is 0 Å². The Kier molecular flexibility index (Phi) is 7.99. The van der Waals surface area contributed by atoms with Gasteiger partial charge in [0.15, 0.2) is 0 Å². The Morgan fingerprint density at radius 1 is 1.50 bits per heavy atom. The molecule has 0 amide bonds. The van der Waals surface area contributed by atoms with Gasteiger partial charge < -0.3 is 0 Å². The van der Waals surface area contributed by atoms with E-state index in [1.165, 1.54) is 11.0 Å². The summed E-state index contributed by atoms with van der Waals surface area (Å²) in [7, 11) is 1.47. The number of hydrogen-bond donors (Lipinski definition) is 2. The van der Waals surface area contributed by atoms with E-state index in [0.29, 0.717) is 0 Å². The molecule has 0 aromatic heterocycles. The Balaban J connectivity index is 0. The standard InChI is InChI=1S/CH3ClS.H2O4S/c1-3-2;1-5(2,3)4/h1H3;(H2,1,2,3,4). The van der Waals surface area contributed by atoms with Crippen molar-refractivity contribution in [2.75, 3.05) is 6.26 Å². The Morgan fingerprint density at radius 3 is 1.50 bits per heavy atom. The van der Waals surface area contributed by atoms with Crippen molar-refractivity contribution in [1.82, 2.24) is 0 Å². The molecular weight excluding hydrogens is 176 g/mol. The molecule has 4 nitrogen and oxygen atoms in total. The van der Waals surface area contributed by atoms with Crippen LogP contribution in [0.15, 0.2) is 0 Å². The Bertz CT molecular complexity index is 108. The second-order valence-corrected chi connectivity index (χ2v) is 2.73. The first kappa shape index (κ1) is 11.3. The minimum atomic E-state index is -4.67. The average Bonchev–Trinajstić information content (AvgIpc) is 1.27. The summed E-state index contributed by atoms with van der Waals surface area (Å²) in [6, 6.07) is 0. The average molecular weight is 181 g/mol. The molecule has 0 heterocycles. The maximum absolute atomic E-state index is 8.74. The smallest absolute Gasteiger partial charge is 0.264 e. The van der Waals surface area contributed by atoms with Crippen molar-refractivity contribution in [3.63, 3.8) is 0 Å². The van der Waals surface area contributed by atoms with Crippen LogP contribution in [0.5, 0.6) is 0 Å². The highest BCUT2D eigenvalue weighted by Crippen LogP contribution is 1.93. The molecule has 0 rings (SSSR count). The number of rotatable bonds is 0. The third kappa shape index (κ3) is 760. The van der Waals surface area contributed by atoms with Crippen LogP contribution in [0, 0.1) is 0 Å². The van der Waals surface area contributed by atoms with Crippen molar-refractivity contribution in [1.29, 1.82) is 0 Å². The molecule has 0 aliphatic carbocycles. The zero-order valence-corrected chi connectivity index (χ0v) is 6.29. The summed E-state index contributed by atoms with van der Waals surface area (Å²) in [4.78, 5) is 0. The molecule has 0 fully saturated rings. The SMILES string of the molecule is CSCl.O=S(=O)(O)O. The third-order valence-corrected chi connectivity index (χ3v) is 0. The summed E-state index contributed by atoms with van der Waals surface area (Å²) in [6.07, 6.45) is 1.81. The van der Waals surface area contributed by atoms with Gasteiger partial charge in [-0.3, -0.25) is 9.11 Å². The molecule has 7 heteroatoms. The third-order valence-electron chi connectivity index (χ3n) is 0. The molecule has 0 aliphatic rings. The minimum Gasteiger partial charge on any atom is -0.264 e. The molecule has 52 valence electrons. The van der Waals surface area contributed by atoms with Crippen LogP contribution < -0.4 is 0 Å². The quantitative estimate of drug-likeness (QED) is 0.541. The fourth-order valence-corrected chi connectivity index (χ4v) is 0. The highest BCUT2D eigenvalue weighted by Gasteiger charge is 1.84. The second kappa shape index (κ2) is 5.64. The van der Waals surface area contributed by atoms with Crippen molar-refractivity contribution in [2.24, 2.45) is 0 Å². The summed E-state index contributed by atoms with van der Waals surface area (Å²) in [5.74, 6) is 0. The van der Waals surface area contributed by atoms with E-state index in [-0.39, 0.29) is 0 Å². The molecule has 0 aliphatic heterocycles. The van der Waals surface area contributed by atoms with E-state index in [1.807, 2.05) is 6.26 Å². The van der Waals surface area contributed by atoms with Gasteiger partial charge in [-0.15, -0.1) is 0 Å². The molecule has 0 unspecified atom stereocenters. The van der Waals surface area contributed by atoms with Gasteiger partial charge in [0.25, 0.3) is 0 Å². The highest BCUT2D eigenvalue weighted by atomic mass is 35.7. The summed E-state index contributed by atoms with van der Waals surface area (Å²) < 4.78 is 31.6. The van der Waals surface area contributed by atoms with Crippen LogP contribution in [0.1, 0.15) is 0 Å². The largest absolute Gasteiger partial charge is 0.394 e. The topological polar surface area (TPSA) is 74.6 Å². The van der Waals surface area contributed by atoms with Crippen LogP contribution in [-0.4, -0.2) is 23.8 Å². The van der Waals surface area contributed by atoms with Crippen LogP contribution in [0.2, 0.25) is 0 Å². The number of halogens is 1. The van der Waals surface area contributed by atoms with Crippen molar-refractivity contribution in [2.45, 2.75) is 0 Å². The first-order valence-corrected chi connectivity index (χ1v) is 4.71. The predicted molar refractivity (Wildman–Crippen MR) is 33.5 cm³/mol. The molecule has 0 spiro atoms. The Hall–Kier alpha value is 0.510. The van der Waals surface area contributed by atoms with Crippen LogP contribution in [-0.2, 0) is 10.4 Å². The van der Waals surface area contributed by atoms with Gasteiger partial charge in [0.2, 0.25) is 0 Å². The van der Waals surface area contributed by atoms with Gasteiger partial charge >= 0.3 is 10.4 Å². The fraction of sp³-hybridized carbons (Fsp3) is 1.00. The van der Waals surface area contributed by atoms with Gasteiger partial charge in [0.05, 0.1) is 0 Å². The van der Waals surface area contributed by atoms with Gasteiger partial charge in [0.1, 0.15) is 0 Å². The van der Waals surface area contributed by atoms with Gasteiger partial charge in [-0.05, 0) is 16.9 Å². The first-order valence-electron chi connectivity index (χ1n) is 1.26. The van der Waals surface area contributed by atoms with Crippen LogP contribution >= 0.6 is 21.7 Å². The van der Waals surface area contributed by atoms with Crippen molar-refractivity contribution < 1.29 is 17.5 Å². The molecule has 8 heavy (non-hydrogen) atoms. The van der Waals surface area contributed by atoms with Gasteiger partial charge in [-0.1, -0.05) is 11.0 Å². The van der Waals surface area contributed by atoms with Gasteiger partial charge in [-0.25, -0.2) is 0 Å². The van der Waals surface area contributed by atoms with E-state index in [2.05, 4.69) is 0 Å². The van der Waals surface area contributed by atoms with Crippen molar-refractivity contribution in [3.8, 4) is 0 Å². The molecule has 0 atom stereocenters. The van der Waals surface area contributed by atoms with Gasteiger partial charge in [-0.2, -0.15) is 8.42 Å². The predicted octanol–water partition coefficient (Wildman–Crippen LogP) is 0.850. The maximum atomic E-state index is 8.74. The maximum Gasteiger partial charge on any atom is 0.394 e. The lowest BCUT2D eigenvalue weighted by molar-refractivity contribution is 0.381. The lowest BCUT2D eigenvalue weighted by Crippen LogP contribution is -1.89. The molecule has 0 aromatic rings. The first-order chi connectivity index (χ1) is 3.41. The zero-order valence-electron chi connectivity index (χ0n) is 3.91. The summed E-state index contributed by atoms with van der Waals surface area (Å²) in [6.45, 7) is 0. The fourth-order valence-electron chi connectivity index (χ4n) is 0. The Morgan fingerprint density at radius 2 is 1.50 bits per heavy atom. The summed E-state index contributed by atoms with van der Waals surface area (Å²) in [5, 5.41) is 0. The summed E-state index contributed by atoms with van der Waals surface area (Å²) in [5.41, 5.74) is 0. The van der Waals surface area contributed by atoms with E-state index in [4.69, 9.17) is 28.2 Å². The normalized spacial score (nSPS) is 9.50. The molecular formula is CH5ClO4S2. The van der Waals surface area contributed by atoms with Gasteiger partial charge in [0, 0.05) is 0 Å². The van der Waals surface area contributed by atoms with Crippen LogP contribution in [0.4, 0.5) is 0 Å². The van der Waals surface area contributed by atoms with E-state index in [9.17, 15) is 0 Å². The highest BCUT2D eigenvalue weighted by molar-refractivity contribution is 8.20. The minimum absolute atomic E-state index is 1.22. The van der Waals surface area contributed by atoms with E-state index in [1.54, 1.807) is 0 Å². The Labute approximate surface area is 56.3 Å². The molecule has 0 saturated carbocycles. The molecule has 0 saturated heterocycles. The van der Waals surface area contributed by atoms with Crippen molar-refractivity contribution >= 4 is 32.1 Å². The monoisotopic (exact) mass is 180 g/mol.